The molecule has 0 amide bonds. The number of para-hydroxylation sites is 1. The Morgan fingerprint density at radius 3 is 2.68 bits per heavy atom. The first-order valence-electron chi connectivity index (χ1n) is 9.52. The molecule has 1 atom stereocenters. The Balaban J connectivity index is 1.63. The second-order valence-corrected chi connectivity index (χ2v) is 7.14. The van der Waals surface area contributed by atoms with Crippen LogP contribution in [0.1, 0.15) is 34.8 Å². The second-order valence-electron chi connectivity index (χ2n) is 7.14. The number of fused-ring (bicyclic) bond motifs is 1. The van der Waals surface area contributed by atoms with Gasteiger partial charge in [0.05, 0.1) is 6.42 Å². The predicted molar refractivity (Wildman–Crippen MR) is 109 cm³/mol. The highest BCUT2D eigenvalue weighted by Crippen LogP contribution is 2.38. The average Bonchev–Trinajstić information content (AvgIpc) is 3.11. The molecule has 1 aliphatic rings. The van der Waals surface area contributed by atoms with Crippen LogP contribution in [0.2, 0.25) is 0 Å². The zero-order chi connectivity index (χ0) is 19.5. The SMILES string of the molecule is NCc1cccc(-c2ccc3c(c2)C(Oc2ccccc2CC(=O)O)CC3)c1. The zero-order valence-electron chi connectivity index (χ0n) is 15.6. The van der Waals surface area contributed by atoms with E-state index in [0.29, 0.717) is 17.9 Å². The first-order valence-corrected chi connectivity index (χ1v) is 9.52. The maximum absolute atomic E-state index is 11.1. The Morgan fingerprint density at radius 1 is 1.04 bits per heavy atom. The number of carboxylic acids is 1. The van der Waals surface area contributed by atoms with Crippen LogP contribution in [0.5, 0.6) is 5.75 Å². The second kappa shape index (κ2) is 7.87. The topological polar surface area (TPSA) is 72.5 Å². The molecule has 3 aromatic rings. The summed E-state index contributed by atoms with van der Waals surface area (Å²) in [6.45, 7) is 0.519. The third-order valence-corrected chi connectivity index (χ3v) is 5.25. The number of hydrogen-bond donors (Lipinski definition) is 2. The van der Waals surface area contributed by atoms with Gasteiger partial charge >= 0.3 is 5.97 Å². The molecule has 0 saturated carbocycles. The lowest BCUT2D eigenvalue weighted by Gasteiger charge is -2.18. The van der Waals surface area contributed by atoms with Crippen molar-refractivity contribution in [2.24, 2.45) is 5.73 Å². The molecule has 1 aliphatic carbocycles. The van der Waals surface area contributed by atoms with Crippen molar-refractivity contribution in [2.75, 3.05) is 0 Å². The van der Waals surface area contributed by atoms with Gasteiger partial charge in [-0.05, 0) is 58.9 Å². The minimum Gasteiger partial charge on any atom is -0.485 e. The van der Waals surface area contributed by atoms with Gasteiger partial charge in [-0.3, -0.25) is 4.79 Å². The molecular weight excluding hydrogens is 350 g/mol. The normalized spacial score (nSPS) is 15.2. The van der Waals surface area contributed by atoms with Crippen molar-refractivity contribution in [1.29, 1.82) is 0 Å². The number of hydrogen-bond acceptors (Lipinski definition) is 3. The fourth-order valence-electron chi connectivity index (χ4n) is 3.83. The van der Waals surface area contributed by atoms with Crippen LogP contribution in [0.15, 0.2) is 66.7 Å². The number of ether oxygens (including phenoxy) is 1. The number of benzene rings is 3. The average molecular weight is 373 g/mol. The largest absolute Gasteiger partial charge is 0.485 e. The molecule has 0 aliphatic heterocycles. The fourth-order valence-corrected chi connectivity index (χ4v) is 3.83. The smallest absolute Gasteiger partial charge is 0.307 e. The van der Waals surface area contributed by atoms with Gasteiger partial charge in [0.25, 0.3) is 0 Å². The van der Waals surface area contributed by atoms with Crippen molar-refractivity contribution in [3.63, 3.8) is 0 Å². The standard InChI is InChI=1S/C24H23NO3/c25-15-16-4-3-6-18(12-16)19-9-8-17-10-11-23(21(17)13-19)28-22-7-2-1-5-20(22)14-24(26)27/h1-9,12-13,23H,10-11,14-15,25H2,(H,26,27). The van der Waals surface area contributed by atoms with Gasteiger partial charge in [-0.2, -0.15) is 0 Å². The van der Waals surface area contributed by atoms with Crippen LogP contribution in [0.4, 0.5) is 0 Å². The molecule has 0 radical (unpaired) electrons. The maximum Gasteiger partial charge on any atom is 0.307 e. The van der Waals surface area contributed by atoms with Gasteiger partial charge in [0.2, 0.25) is 0 Å². The number of carboxylic acid groups (broad SMARTS) is 1. The van der Waals surface area contributed by atoms with Crippen molar-refractivity contribution >= 4 is 5.97 Å². The molecule has 0 aromatic heterocycles. The first-order chi connectivity index (χ1) is 13.6. The third-order valence-electron chi connectivity index (χ3n) is 5.25. The molecule has 0 spiro atoms. The summed E-state index contributed by atoms with van der Waals surface area (Å²) in [5, 5.41) is 9.15. The lowest BCUT2D eigenvalue weighted by atomic mass is 9.98. The van der Waals surface area contributed by atoms with Crippen molar-refractivity contribution in [3.05, 3.63) is 89.0 Å². The van der Waals surface area contributed by atoms with Crippen LogP contribution in [0, 0.1) is 0 Å². The van der Waals surface area contributed by atoms with E-state index in [-0.39, 0.29) is 12.5 Å². The van der Waals surface area contributed by atoms with Crippen LogP contribution in [-0.4, -0.2) is 11.1 Å². The van der Waals surface area contributed by atoms with Crippen LogP contribution >= 0.6 is 0 Å². The van der Waals surface area contributed by atoms with Gasteiger partial charge in [0.1, 0.15) is 11.9 Å². The monoisotopic (exact) mass is 373 g/mol. The maximum atomic E-state index is 11.1. The highest BCUT2D eigenvalue weighted by Gasteiger charge is 2.25. The van der Waals surface area contributed by atoms with Gasteiger partial charge in [-0.25, -0.2) is 0 Å². The third kappa shape index (κ3) is 3.78. The molecule has 1 unspecified atom stereocenters. The first kappa shape index (κ1) is 18.3. The Morgan fingerprint density at radius 2 is 1.86 bits per heavy atom. The number of nitrogens with two attached hydrogens (primary N) is 1. The molecule has 3 aromatic carbocycles. The van der Waals surface area contributed by atoms with Crippen LogP contribution in [-0.2, 0) is 24.2 Å². The fraction of sp³-hybridized carbons (Fsp3) is 0.208. The number of aryl methyl sites for hydroxylation is 1. The zero-order valence-corrected chi connectivity index (χ0v) is 15.6. The molecule has 4 rings (SSSR count). The summed E-state index contributed by atoms with van der Waals surface area (Å²) in [7, 11) is 0. The molecule has 0 bridgehead atoms. The Hall–Kier alpha value is -3.11. The number of carbonyl (C=O) groups is 1. The Kier molecular flexibility index (Phi) is 5.13. The molecule has 0 saturated heterocycles. The van der Waals surface area contributed by atoms with E-state index in [1.54, 1.807) is 0 Å². The van der Waals surface area contributed by atoms with Gasteiger partial charge in [0.15, 0.2) is 0 Å². The summed E-state index contributed by atoms with van der Waals surface area (Å²) in [5.74, 6) is -0.205. The van der Waals surface area contributed by atoms with Crippen molar-refractivity contribution < 1.29 is 14.6 Å². The Labute approximate surface area is 164 Å². The minimum absolute atomic E-state index is 0.0400. The molecule has 0 fully saturated rings. The predicted octanol–water partition coefficient (Wildman–Crippen LogP) is 4.51. The lowest BCUT2D eigenvalue weighted by Crippen LogP contribution is -2.08. The van der Waals surface area contributed by atoms with Gasteiger partial charge in [0, 0.05) is 12.1 Å². The Bertz CT molecular complexity index is 1010. The van der Waals surface area contributed by atoms with Gasteiger partial charge < -0.3 is 15.6 Å². The molecule has 3 N–H and O–H groups in total. The van der Waals surface area contributed by atoms with E-state index in [4.69, 9.17) is 15.6 Å². The quantitative estimate of drug-likeness (QED) is 0.667. The molecule has 0 heterocycles. The summed E-state index contributed by atoms with van der Waals surface area (Å²) >= 11 is 0. The van der Waals surface area contributed by atoms with Crippen LogP contribution in [0.3, 0.4) is 0 Å². The summed E-state index contributed by atoms with van der Waals surface area (Å²) in [6, 6.07) is 22.2. The van der Waals surface area contributed by atoms with E-state index in [9.17, 15) is 4.79 Å². The van der Waals surface area contributed by atoms with Crippen molar-refractivity contribution in [1.82, 2.24) is 0 Å². The molecular formula is C24H23NO3. The highest BCUT2D eigenvalue weighted by atomic mass is 16.5. The van der Waals surface area contributed by atoms with Crippen molar-refractivity contribution in [2.45, 2.75) is 31.9 Å². The highest BCUT2D eigenvalue weighted by molar-refractivity contribution is 5.71. The minimum atomic E-state index is -0.857. The van der Waals surface area contributed by atoms with Gasteiger partial charge in [-0.15, -0.1) is 0 Å². The van der Waals surface area contributed by atoms with E-state index < -0.39 is 5.97 Å². The summed E-state index contributed by atoms with van der Waals surface area (Å²) in [5.41, 5.74) is 12.3. The van der Waals surface area contributed by atoms with Crippen molar-refractivity contribution in [3.8, 4) is 16.9 Å². The van der Waals surface area contributed by atoms with E-state index in [2.05, 4.69) is 30.3 Å². The molecule has 28 heavy (non-hydrogen) atoms. The van der Waals surface area contributed by atoms with Gasteiger partial charge in [-0.1, -0.05) is 48.5 Å². The molecule has 4 heteroatoms. The van der Waals surface area contributed by atoms with Crippen LogP contribution < -0.4 is 10.5 Å². The summed E-state index contributed by atoms with van der Waals surface area (Å²) in [6.07, 6.45) is 1.75. The summed E-state index contributed by atoms with van der Waals surface area (Å²) in [4.78, 5) is 11.1. The molecule has 4 nitrogen and oxygen atoms in total. The molecule has 142 valence electrons. The number of aliphatic carboxylic acids is 1. The van der Waals surface area contributed by atoms with E-state index in [1.807, 2.05) is 36.4 Å². The van der Waals surface area contributed by atoms with E-state index in [1.165, 1.54) is 11.1 Å². The van der Waals surface area contributed by atoms with E-state index >= 15 is 0 Å². The van der Waals surface area contributed by atoms with E-state index in [0.717, 1.165) is 29.5 Å². The number of rotatable bonds is 6. The van der Waals surface area contributed by atoms with Crippen LogP contribution in [0.25, 0.3) is 11.1 Å². The lowest BCUT2D eigenvalue weighted by molar-refractivity contribution is -0.136. The summed E-state index contributed by atoms with van der Waals surface area (Å²) < 4.78 is 6.29.